The highest BCUT2D eigenvalue weighted by Crippen LogP contribution is 2.18. The van der Waals surface area contributed by atoms with Crippen molar-refractivity contribution in [3.8, 4) is 11.4 Å². The molecule has 0 bridgehead atoms. The molecule has 1 amide bonds. The maximum Gasteiger partial charge on any atom is 0.244 e. The number of aromatic nitrogens is 4. The zero-order valence-corrected chi connectivity index (χ0v) is 12.9. The van der Waals surface area contributed by atoms with Gasteiger partial charge in [0, 0.05) is 15.8 Å². The van der Waals surface area contributed by atoms with E-state index in [-0.39, 0.29) is 18.5 Å². The average molecular weight is 319 g/mol. The van der Waals surface area contributed by atoms with Gasteiger partial charge in [-0.3, -0.25) is 4.79 Å². The van der Waals surface area contributed by atoms with Crippen LogP contribution in [0.15, 0.2) is 34.3 Å². The summed E-state index contributed by atoms with van der Waals surface area (Å²) in [5.74, 6) is 0.403. The third-order valence-corrected chi connectivity index (χ3v) is 4.60. The predicted octanol–water partition coefficient (Wildman–Crippen LogP) is 2.34. The van der Waals surface area contributed by atoms with E-state index in [4.69, 9.17) is 0 Å². The van der Waals surface area contributed by atoms with Crippen LogP contribution in [0.4, 0.5) is 0 Å². The number of hydrogen-bond acceptors (Lipinski definition) is 6. The first-order chi connectivity index (χ1) is 10.2. The minimum absolute atomic E-state index is 0.0163. The Labute approximate surface area is 129 Å². The molecule has 0 aliphatic heterocycles. The lowest BCUT2D eigenvalue weighted by Crippen LogP contribution is -2.30. The van der Waals surface area contributed by atoms with E-state index < -0.39 is 0 Å². The van der Waals surface area contributed by atoms with Crippen LogP contribution < -0.4 is 5.32 Å². The second-order valence-corrected chi connectivity index (χ2v) is 6.22. The molecule has 1 atom stereocenters. The number of thiophene rings is 2. The Morgan fingerprint density at radius 2 is 2.33 bits per heavy atom. The smallest absolute Gasteiger partial charge is 0.244 e. The molecule has 3 aromatic heterocycles. The lowest BCUT2D eigenvalue weighted by molar-refractivity contribution is -0.122. The monoisotopic (exact) mass is 319 g/mol. The topological polar surface area (TPSA) is 72.7 Å². The van der Waals surface area contributed by atoms with Gasteiger partial charge in [0.15, 0.2) is 0 Å². The Kier molecular flexibility index (Phi) is 4.07. The fraction of sp³-hybridized carbons (Fsp3) is 0.231. The summed E-state index contributed by atoms with van der Waals surface area (Å²) < 4.78 is 0. The Morgan fingerprint density at radius 1 is 1.43 bits per heavy atom. The second-order valence-electron chi connectivity index (χ2n) is 4.46. The maximum absolute atomic E-state index is 12.0. The third-order valence-electron chi connectivity index (χ3n) is 2.86. The lowest BCUT2D eigenvalue weighted by Gasteiger charge is -2.11. The van der Waals surface area contributed by atoms with Crippen molar-refractivity contribution < 1.29 is 4.79 Å². The summed E-state index contributed by atoms with van der Waals surface area (Å²) in [7, 11) is 0. The van der Waals surface area contributed by atoms with Crippen LogP contribution in [-0.2, 0) is 11.3 Å². The lowest BCUT2D eigenvalue weighted by atomic mass is 10.3. The molecule has 0 radical (unpaired) electrons. The van der Waals surface area contributed by atoms with Crippen molar-refractivity contribution in [3.05, 3.63) is 39.2 Å². The van der Waals surface area contributed by atoms with Crippen LogP contribution in [0.25, 0.3) is 11.4 Å². The first-order valence-corrected chi connectivity index (χ1v) is 8.18. The van der Waals surface area contributed by atoms with E-state index in [0.29, 0.717) is 5.82 Å². The number of tetrazole rings is 1. The molecule has 3 rings (SSSR count). The van der Waals surface area contributed by atoms with Gasteiger partial charge in [-0.15, -0.1) is 21.5 Å². The average Bonchev–Trinajstić information content (AvgIpc) is 3.21. The molecule has 0 saturated heterocycles. The van der Waals surface area contributed by atoms with Crippen molar-refractivity contribution in [1.82, 2.24) is 25.5 Å². The van der Waals surface area contributed by atoms with Crippen molar-refractivity contribution in [2.24, 2.45) is 0 Å². The standard InChI is InChI=1S/C13H13N5OS2/c1-9(11-3-2-5-21-11)14-12(19)7-18-16-13(15-17-18)10-4-6-20-8-10/h2-6,8-9H,7H2,1H3,(H,14,19)/t9-/m1/s1. The van der Waals surface area contributed by atoms with Gasteiger partial charge in [0.25, 0.3) is 0 Å². The van der Waals surface area contributed by atoms with Gasteiger partial charge in [-0.25, -0.2) is 0 Å². The van der Waals surface area contributed by atoms with Gasteiger partial charge < -0.3 is 5.32 Å². The zero-order valence-electron chi connectivity index (χ0n) is 11.3. The molecule has 0 saturated carbocycles. The van der Waals surface area contributed by atoms with Crippen LogP contribution in [0.1, 0.15) is 17.8 Å². The molecular weight excluding hydrogens is 306 g/mol. The Morgan fingerprint density at radius 3 is 3.05 bits per heavy atom. The van der Waals surface area contributed by atoms with Gasteiger partial charge >= 0.3 is 0 Å². The highest BCUT2D eigenvalue weighted by molar-refractivity contribution is 7.10. The van der Waals surface area contributed by atoms with Crippen molar-refractivity contribution in [2.75, 3.05) is 0 Å². The minimum Gasteiger partial charge on any atom is -0.347 e. The highest BCUT2D eigenvalue weighted by Gasteiger charge is 2.13. The van der Waals surface area contributed by atoms with Gasteiger partial charge in [0.2, 0.25) is 11.7 Å². The fourth-order valence-electron chi connectivity index (χ4n) is 1.84. The third kappa shape index (κ3) is 3.34. The van der Waals surface area contributed by atoms with E-state index in [2.05, 4.69) is 20.7 Å². The van der Waals surface area contributed by atoms with Crippen molar-refractivity contribution in [3.63, 3.8) is 0 Å². The molecule has 3 aromatic rings. The molecule has 0 aromatic carbocycles. The highest BCUT2D eigenvalue weighted by atomic mass is 32.1. The van der Waals surface area contributed by atoms with E-state index >= 15 is 0 Å². The molecule has 0 fully saturated rings. The van der Waals surface area contributed by atoms with E-state index in [1.807, 2.05) is 41.3 Å². The number of amides is 1. The van der Waals surface area contributed by atoms with Crippen LogP contribution in [0.5, 0.6) is 0 Å². The molecule has 8 heteroatoms. The summed E-state index contributed by atoms with van der Waals surface area (Å²) in [6.07, 6.45) is 0. The van der Waals surface area contributed by atoms with Crippen LogP contribution >= 0.6 is 22.7 Å². The van der Waals surface area contributed by atoms with Crippen LogP contribution in [0.3, 0.4) is 0 Å². The number of rotatable bonds is 5. The van der Waals surface area contributed by atoms with Gasteiger partial charge in [0.1, 0.15) is 6.54 Å². The largest absolute Gasteiger partial charge is 0.347 e. The quantitative estimate of drug-likeness (QED) is 0.783. The molecule has 0 aliphatic carbocycles. The Bertz CT molecular complexity index is 705. The number of hydrogen-bond donors (Lipinski definition) is 1. The first kappa shape index (κ1) is 13.9. The fourth-order valence-corrected chi connectivity index (χ4v) is 3.21. The molecule has 3 heterocycles. The summed E-state index contributed by atoms with van der Waals surface area (Å²) in [6, 6.07) is 5.87. The molecule has 0 unspecified atom stereocenters. The number of nitrogens with zero attached hydrogens (tertiary/aromatic N) is 4. The van der Waals surface area contributed by atoms with Crippen LogP contribution in [0, 0.1) is 0 Å². The number of nitrogens with one attached hydrogen (secondary N) is 1. The summed E-state index contributed by atoms with van der Waals surface area (Å²) in [5, 5.41) is 20.9. The number of carbonyl (C=O) groups is 1. The normalized spacial score (nSPS) is 12.2. The van der Waals surface area contributed by atoms with E-state index in [9.17, 15) is 4.79 Å². The first-order valence-electron chi connectivity index (χ1n) is 6.35. The Balaban J connectivity index is 1.60. The van der Waals surface area contributed by atoms with Gasteiger partial charge in [0.05, 0.1) is 6.04 Å². The summed E-state index contributed by atoms with van der Waals surface area (Å²) >= 11 is 3.19. The molecule has 21 heavy (non-hydrogen) atoms. The SMILES string of the molecule is C[C@@H](NC(=O)Cn1nnc(-c2ccsc2)n1)c1cccs1. The summed E-state index contributed by atoms with van der Waals surface area (Å²) in [6.45, 7) is 2.02. The summed E-state index contributed by atoms with van der Waals surface area (Å²) in [4.78, 5) is 14.4. The van der Waals surface area contributed by atoms with E-state index in [0.717, 1.165) is 10.4 Å². The van der Waals surface area contributed by atoms with Gasteiger partial charge in [-0.1, -0.05) is 6.07 Å². The number of carbonyl (C=O) groups excluding carboxylic acids is 1. The van der Waals surface area contributed by atoms with E-state index in [1.165, 1.54) is 4.80 Å². The second kappa shape index (κ2) is 6.15. The molecule has 1 N–H and O–H groups in total. The van der Waals surface area contributed by atoms with Crippen molar-refractivity contribution in [1.29, 1.82) is 0 Å². The molecule has 6 nitrogen and oxygen atoms in total. The minimum atomic E-state index is -0.134. The Hall–Kier alpha value is -2.06. The van der Waals surface area contributed by atoms with Crippen LogP contribution in [-0.4, -0.2) is 26.1 Å². The zero-order chi connectivity index (χ0) is 14.7. The van der Waals surface area contributed by atoms with Crippen molar-refractivity contribution >= 4 is 28.6 Å². The van der Waals surface area contributed by atoms with Gasteiger partial charge in [-0.05, 0) is 35.0 Å². The summed E-state index contributed by atoms with van der Waals surface area (Å²) in [5.41, 5.74) is 0.915. The molecule has 0 aliphatic rings. The van der Waals surface area contributed by atoms with Crippen LogP contribution in [0.2, 0.25) is 0 Å². The maximum atomic E-state index is 12.0. The van der Waals surface area contributed by atoms with E-state index in [1.54, 1.807) is 22.7 Å². The van der Waals surface area contributed by atoms with Gasteiger partial charge in [-0.2, -0.15) is 16.1 Å². The molecule has 108 valence electrons. The predicted molar refractivity (Wildman–Crippen MR) is 82.0 cm³/mol. The molecular formula is C13H13N5OS2. The van der Waals surface area contributed by atoms with Crippen molar-refractivity contribution in [2.45, 2.75) is 19.5 Å². The molecule has 0 spiro atoms.